The molecule has 2 heterocycles. The molecule has 0 spiro atoms. The summed E-state index contributed by atoms with van der Waals surface area (Å²) in [6.07, 6.45) is -1.22. The first kappa shape index (κ1) is 9.30. The van der Waals surface area contributed by atoms with E-state index in [-0.39, 0.29) is 30.2 Å². The van der Waals surface area contributed by atoms with E-state index >= 15 is 0 Å². The lowest BCUT2D eigenvalue weighted by Gasteiger charge is -2.19. The van der Waals surface area contributed by atoms with Crippen molar-refractivity contribution in [2.45, 2.75) is 38.6 Å². The molecule has 2 aliphatic rings. The third-order valence-electron chi connectivity index (χ3n) is 2.72. The average molecular weight is 200 g/mol. The van der Waals surface area contributed by atoms with Crippen molar-refractivity contribution in [2.75, 3.05) is 0 Å². The zero-order chi connectivity index (χ0) is 10.3. The number of esters is 1. The summed E-state index contributed by atoms with van der Waals surface area (Å²) in [5, 5.41) is 0. The number of carbonyl (C=O) groups is 2. The average Bonchev–Trinajstić information content (AvgIpc) is 2.55. The van der Waals surface area contributed by atoms with Gasteiger partial charge in [-0.3, -0.25) is 4.79 Å². The Morgan fingerprint density at radius 3 is 2.21 bits per heavy atom. The smallest absolute Gasteiger partial charge is 0.462 e. The Balaban J connectivity index is 2.08. The van der Waals surface area contributed by atoms with Gasteiger partial charge in [0, 0.05) is 5.92 Å². The second kappa shape index (κ2) is 3.15. The van der Waals surface area contributed by atoms with Gasteiger partial charge in [0.05, 0.1) is 6.42 Å². The van der Waals surface area contributed by atoms with Crippen molar-refractivity contribution >= 4 is 12.1 Å². The van der Waals surface area contributed by atoms with E-state index in [2.05, 4.69) is 0 Å². The highest BCUT2D eigenvalue weighted by Crippen LogP contribution is 2.32. The van der Waals surface area contributed by atoms with Gasteiger partial charge in [-0.1, -0.05) is 0 Å². The summed E-state index contributed by atoms with van der Waals surface area (Å²) in [7, 11) is 0. The molecule has 0 aromatic carbocycles. The molecule has 0 saturated carbocycles. The number of carbonyl (C=O) groups excluding carboxylic acids is 2. The Kier molecular flexibility index (Phi) is 2.09. The molecular weight excluding hydrogens is 188 g/mol. The standard InChI is InChI=1S/C9H12O5/c1-4-6(3-7(10)12-4)8-5(2)13-9(11)14-8/h4-6,8H,3H2,1-2H3. The highest BCUT2D eigenvalue weighted by molar-refractivity contribution is 5.72. The van der Waals surface area contributed by atoms with Gasteiger partial charge in [-0.05, 0) is 13.8 Å². The van der Waals surface area contributed by atoms with Gasteiger partial charge in [-0.25, -0.2) is 4.79 Å². The number of ether oxygens (including phenoxy) is 3. The minimum absolute atomic E-state index is 0.0797. The van der Waals surface area contributed by atoms with Crippen molar-refractivity contribution < 1.29 is 23.8 Å². The molecule has 4 unspecified atom stereocenters. The van der Waals surface area contributed by atoms with Crippen molar-refractivity contribution in [3.63, 3.8) is 0 Å². The number of hydrogen-bond donors (Lipinski definition) is 0. The second-order valence-electron chi connectivity index (χ2n) is 3.72. The van der Waals surface area contributed by atoms with Crippen molar-refractivity contribution in [1.29, 1.82) is 0 Å². The molecule has 0 bridgehead atoms. The lowest BCUT2D eigenvalue weighted by atomic mass is 9.93. The predicted molar refractivity (Wildman–Crippen MR) is 44.5 cm³/mol. The van der Waals surface area contributed by atoms with Crippen LogP contribution in [0, 0.1) is 5.92 Å². The van der Waals surface area contributed by atoms with Gasteiger partial charge in [-0.2, -0.15) is 0 Å². The Morgan fingerprint density at radius 2 is 1.79 bits per heavy atom. The van der Waals surface area contributed by atoms with Crippen LogP contribution in [0.2, 0.25) is 0 Å². The number of cyclic esters (lactones) is 3. The van der Waals surface area contributed by atoms with Gasteiger partial charge in [0.15, 0.2) is 0 Å². The molecular formula is C9H12O5. The Labute approximate surface area is 81.3 Å². The Bertz CT molecular complexity index is 246. The summed E-state index contributed by atoms with van der Waals surface area (Å²) in [4.78, 5) is 21.8. The highest BCUT2D eigenvalue weighted by atomic mass is 16.8. The topological polar surface area (TPSA) is 61.8 Å². The molecule has 78 valence electrons. The van der Waals surface area contributed by atoms with Crippen molar-refractivity contribution in [3.8, 4) is 0 Å². The van der Waals surface area contributed by atoms with Gasteiger partial charge in [0.25, 0.3) is 0 Å². The fourth-order valence-electron chi connectivity index (χ4n) is 1.97. The summed E-state index contributed by atoms with van der Waals surface area (Å²) in [5.41, 5.74) is 0. The van der Waals surface area contributed by atoms with E-state index in [4.69, 9.17) is 14.2 Å². The lowest BCUT2D eigenvalue weighted by molar-refractivity contribution is -0.141. The summed E-state index contributed by atoms with van der Waals surface area (Å²) in [5.74, 6) is -0.318. The van der Waals surface area contributed by atoms with Crippen molar-refractivity contribution in [1.82, 2.24) is 0 Å². The fraction of sp³-hybridized carbons (Fsp3) is 0.778. The van der Waals surface area contributed by atoms with Crippen molar-refractivity contribution in [2.24, 2.45) is 5.92 Å². The Hall–Kier alpha value is -1.26. The van der Waals surface area contributed by atoms with Crippen LogP contribution in [0.5, 0.6) is 0 Å². The van der Waals surface area contributed by atoms with E-state index in [0.29, 0.717) is 6.42 Å². The summed E-state index contributed by atoms with van der Waals surface area (Å²) < 4.78 is 14.8. The van der Waals surface area contributed by atoms with E-state index in [1.54, 1.807) is 13.8 Å². The van der Waals surface area contributed by atoms with E-state index in [1.807, 2.05) is 0 Å². The van der Waals surface area contributed by atoms with Crippen LogP contribution < -0.4 is 0 Å². The molecule has 2 rings (SSSR count). The van der Waals surface area contributed by atoms with Crippen LogP contribution in [0.15, 0.2) is 0 Å². The van der Waals surface area contributed by atoms with Gasteiger partial charge in [0.1, 0.15) is 18.3 Å². The molecule has 2 aliphatic heterocycles. The van der Waals surface area contributed by atoms with Crippen LogP contribution >= 0.6 is 0 Å². The molecule has 5 heteroatoms. The van der Waals surface area contributed by atoms with Crippen LogP contribution in [0.3, 0.4) is 0 Å². The molecule has 2 saturated heterocycles. The third-order valence-corrected chi connectivity index (χ3v) is 2.72. The van der Waals surface area contributed by atoms with Crippen LogP contribution in [0.1, 0.15) is 20.3 Å². The fourth-order valence-corrected chi connectivity index (χ4v) is 1.97. The first-order chi connectivity index (χ1) is 6.58. The maximum Gasteiger partial charge on any atom is 0.509 e. The van der Waals surface area contributed by atoms with Gasteiger partial charge in [0.2, 0.25) is 0 Å². The molecule has 0 N–H and O–H groups in total. The highest BCUT2D eigenvalue weighted by Gasteiger charge is 2.46. The maximum atomic E-state index is 11.0. The molecule has 5 nitrogen and oxygen atoms in total. The third kappa shape index (κ3) is 1.42. The summed E-state index contributed by atoms with van der Waals surface area (Å²) >= 11 is 0. The molecule has 14 heavy (non-hydrogen) atoms. The monoisotopic (exact) mass is 200 g/mol. The van der Waals surface area contributed by atoms with Crippen LogP contribution in [-0.4, -0.2) is 30.4 Å². The first-order valence-corrected chi connectivity index (χ1v) is 4.64. The number of rotatable bonds is 1. The molecule has 0 radical (unpaired) electrons. The van der Waals surface area contributed by atoms with Gasteiger partial charge in [-0.15, -0.1) is 0 Å². The zero-order valence-electron chi connectivity index (χ0n) is 8.06. The van der Waals surface area contributed by atoms with Crippen LogP contribution in [-0.2, 0) is 19.0 Å². The van der Waals surface area contributed by atoms with Crippen LogP contribution in [0.4, 0.5) is 4.79 Å². The van der Waals surface area contributed by atoms with Gasteiger partial charge >= 0.3 is 12.1 Å². The summed E-state index contributed by atoms with van der Waals surface area (Å²) in [6.45, 7) is 3.56. The minimum atomic E-state index is -0.658. The maximum absolute atomic E-state index is 11.0. The molecule has 0 aliphatic carbocycles. The minimum Gasteiger partial charge on any atom is -0.462 e. The quantitative estimate of drug-likeness (QED) is 0.587. The SMILES string of the molecule is CC1OC(=O)CC1C1OC(=O)OC1C. The predicted octanol–water partition coefficient (Wildman–Crippen LogP) is 0.862. The normalized spacial score (nSPS) is 41.9. The van der Waals surface area contributed by atoms with E-state index in [9.17, 15) is 9.59 Å². The van der Waals surface area contributed by atoms with E-state index in [0.717, 1.165) is 0 Å². The first-order valence-electron chi connectivity index (χ1n) is 4.64. The molecule has 0 aromatic rings. The Morgan fingerprint density at radius 1 is 1.07 bits per heavy atom. The molecule has 0 amide bonds. The van der Waals surface area contributed by atoms with E-state index in [1.165, 1.54) is 0 Å². The molecule has 2 fully saturated rings. The molecule has 4 atom stereocenters. The largest absolute Gasteiger partial charge is 0.509 e. The zero-order valence-corrected chi connectivity index (χ0v) is 8.06. The van der Waals surface area contributed by atoms with Gasteiger partial charge < -0.3 is 14.2 Å². The lowest BCUT2D eigenvalue weighted by Crippen LogP contribution is -2.33. The molecule has 0 aromatic heterocycles. The van der Waals surface area contributed by atoms with E-state index < -0.39 is 6.16 Å². The van der Waals surface area contributed by atoms with Crippen molar-refractivity contribution in [3.05, 3.63) is 0 Å². The second-order valence-corrected chi connectivity index (χ2v) is 3.72. The van der Waals surface area contributed by atoms with Crippen LogP contribution in [0.25, 0.3) is 0 Å². The summed E-state index contributed by atoms with van der Waals surface area (Å²) in [6, 6.07) is 0. The number of hydrogen-bond acceptors (Lipinski definition) is 5.